The molecule has 0 spiro atoms. The summed E-state index contributed by atoms with van der Waals surface area (Å²) in [5, 5.41) is 0.991. The van der Waals surface area contributed by atoms with Crippen LogP contribution >= 0.6 is 11.3 Å². The molecule has 0 saturated carbocycles. The molecule has 0 unspecified atom stereocenters. The van der Waals surface area contributed by atoms with Crippen LogP contribution < -0.4 is 10.5 Å². The molecular weight excluding hydrogens is 296 g/mol. The van der Waals surface area contributed by atoms with Crippen LogP contribution in [0.3, 0.4) is 0 Å². The number of para-hydroxylation sites is 1. The lowest BCUT2D eigenvalue weighted by molar-refractivity contribution is 0.696. The minimum atomic E-state index is -0.0370. The second kappa shape index (κ2) is 5.21. The number of thiazole rings is 1. The molecule has 112 valence electrons. The van der Waals surface area contributed by atoms with Gasteiger partial charge in [0.05, 0.1) is 34.3 Å². The molecular formula is C16H16N4OS. The molecule has 1 aromatic carbocycles. The molecule has 0 amide bonds. The third-order valence-electron chi connectivity index (χ3n) is 4.15. The Bertz CT molecular complexity index is 899. The average Bonchev–Trinajstić information content (AvgIpc) is 2.99. The zero-order valence-corrected chi connectivity index (χ0v) is 13.1. The van der Waals surface area contributed by atoms with E-state index >= 15 is 0 Å². The summed E-state index contributed by atoms with van der Waals surface area (Å²) in [6, 6.07) is 6.33. The lowest BCUT2D eigenvalue weighted by Gasteiger charge is -2.26. The van der Waals surface area contributed by atoms with E-state index in [-0.39, 0.29) is 5.56 Å². The van der Waals surface area contributed by atoms with Crippen LogP contribution in [0.15, 0.2) is 29.3 Å². The molecule has 0 bridgehead atoms. The van der Waals surface area contributed by atoms with Crippen molar-refractivity contribution < 1.29 is 0 Å². The summed E-state index contributed by atoms with van der Waals surface area (Å²) in [7, 11) is 0. The Morgan fingerprint density at radius 2 is 2.32 bits per heavy atom. The third-order valence-corrected chi connectivity index (χ3v) is 5.23. The number of aryl methyl sites for hydroxylation is 1. The fourth-order valence-corrected chi connectivity index (χ4v) is 3.97. The van der Waals surface area contributed by atoms with Gasteiger partial charge in [-0.25, -0.2) is 9.97 Å². The van der Waals surface area contributed by atoms with Gasteiger partial charge in [-0.1, -0.05) is 30.4 Å². The molecule has 1 aliphatic heterocycles. The molecule has 5 nitrogen and oxygen atoms in total. The first-order valence-corrected chi connectivity index (χ1v) is 8.26. The van der Waals surface area contributed by atoms with Gasteiger partial charge in [-0.05, 0) is 18.1 Å². The molecule has 2 aromatic heterocycles. The van der Waals surface area contributed by atoms with E-state index in [1.807, 2.05) is 0 Å². The van der Waals surface area contributed by atoms with Gasteiger partial charge in [0.15, 0.2) is 5.13 Å². The number of rotatable bonds is 2. The standard InChI is InChI=1S/C16H16N4OS/c1-2-10-4-3-5-13-14(10)19-16(22-13)20-7-6-12-11(8-20)15(21)18-9-17-12/h3-5,9H,2,6-8H2,1H3,(H,17,18,21). The lowest BCUT2D eigenvalue weighted by Crippen LogP contribution is -2.35. The first-order valence-electron chi connectivity index (χ1n) is 7.45. The Morgan fingerprint density at radius 3 is 3.18 bits per heavy atom. The molecule has 0 atom stereocenters. The summed E-state index contributed by atoms with van der Waals surface area (Å²) in [5.74, 6) is 0. The zero-order chi connectivity index (χ0) is 15.1. The highest BCUT2D eigenvalue weighted by Gasteiger charge is 2.22. The van der Waals surface area contributed by atoms with E-state index in [2.05, 4.69) is 40.0 Å². The Kier molecular flexibility index (Phi) is 3.18. The normalized spacial score (nSPS) is 14.3. The molecule has 4 rings (SSSR count). The van der Waals surface area contributed by atoms with Crippen LogP contribution in [0, 0.1) is 0 Å². The summed E-state index contributed by atoms with van der Waals surface area (Å²) in [4.78, 5) is 25.9. The van der Waals surface area contributed by atoms with Crippen molar-refractivity contribution in [3.63, 3.8) is 0 Å². The highest BCUT2D eigenvalue weighted by atomic mass is 32.1. The van der Waals surface area contributed by atoms with Crippen LogP contribution in [-0.2, 0) is 19.4 Å². The van der Waals surface area contributed by atoms with E-state index in [9.17, 15) is 4.79 Å². The number of nitrogens with zero attached hydrogens (tertiary/aromatic N) is 3. The van der Waals surface area contributed by atoms with E-state index in [4.69, 9.17) is 4.98 Å². The molecule has 6 heteroatoms. The number of aromatic nitrogens is 3. The lowest BCUT2D eigenvalue weighted by atomic mass is 10.1. The highest BCUT2D eigenvalue weighted by Crippen LogP contribution is 2.32. The second-order valence-corrected chi connectivity index (χ2v) is 6.45. The molecule has 3 heterocycles. The minimum absolute atomic E-state index is 0.0370. The number of anilines is 1. The fraction of sp³-hybridized carbons (Fsp3) is 0.312. The van der Waals surface area contributed by atoms with Crippen LogP contribution in [0.2, 0.25) is 0 Å². The molecule has 1 N–H and O–H groups in total. The van der Waals surface area contributed by atoms with Crippen molar-refractivity contribution >= 4 is 26.7 Å². The monoisotopic (exact) mass is 312 g/mol. The van der Waals surface area contributed by atoms with Gasteiger partial charge in [0.1, 0.15) is 0 Å². The summed E-state index contributed by atoms with van der Waals surface area (Å²) in [6.07, 6.45) is 3.25. The molecule has 0 aliphatic carbocycles. The van der Waals surface area contributed by atoms with Crippen LogP contribution in [0.5, 0.6) is 0 Å². The molecule has 22 heavy (non-hydrogen) atoms. The largest absolute Gasteiger partial charge is 0.343 e. The maximum Gasteiger partial charge on any atom is 0.255 e. The van der Waals surface area contributed by atoms with Crippen molar-refractivity contribution in [2.24, 2.45) is 0 Å². The predicted molar refractivity (Wildman–Crippen MR) is 88.6 cm³/mol. The number of H-pyrrole nitrogens is 1. The number of fused-ring (bicyclic) bond motifs is 2. The van der Waals surface area contributed by atoms with Crippen molar-refractivity contribution in [2.75, 3.05) is 11.4 Å². The molecule has 0 fully saturated rings. The van der Waals surface area contributed by atoms with Crippen molar-refractivity contribution in [1.29, 1.82) is 0 Å². The number of benzene rings is 1. The second-order valence-electron chi connectivity index (χ2n) is 5.44. The summed E-state index contributed by atoms with van der Waals surface area (Å²) in [6.45, 7) is 3.58. The van der Waals surface area contributed by atoms with Gasteiger partial charge in [-0.2, -0.15) is 0 Å². The third kappa shape index (κ3) is 2.11. The number of nitrogens with one attached hydrogen (secondary N) is 1. The van der Waals surface area contributed by atoms with Crippen LogP contribution in [-0.4, -0.2) is 21.5 Å². The summed E-state index contributed by atoms with van der Waals surface area (Å²) < 4.78 is 1.21. The topological polar surface area (TPSA) is 61.9 Å². The Morgan fingerprint density at radius 1 is 1.41 bits per heavy atom. The van der Waals surface area contributed by atoms with E-state index < -0.39 is 0 Å². The fourth-order valence-electron chi connectivity index (χ4n) is 2.93. The van der Waals surface area contributed by atoms with Crippen LogP contribution in [0.1, 0.15) is 23.7 Å². The predicted octanol–water partition coefficient (Wildman–Crippen LogP) is 2.50. The van der Waals surface area contributed by atoms with Crippen molar-refractivity contribution in [2.45, 2.75) is 26.3 Å². The summed E-state index contributed by atoms with van der Waals surface area (Å²) in [5.41, 5.74) is 4.01. The van der Waals surface area contributed by atoms with Gasteiger partial charge in [-0.3, -0.25) is 4.79 Å². The minimum Gasteiger partial charge on any atom is -0.343 e. The quantitative estimate of drug-likeness (QED) is 0.790. The van der Waals surface area contributed by atoms with E-state index in [0.29, 0.717) is 6.54 Å². The molecule has 0 radical (unpaired) electrons. The SMILES string of the molecule is CCc1cccc2sc(N3CCc4nc[nH]c(=O)c4C3)nc12. The molecule has 3 aromatic rings. The van der Waals surface area contributed by atoms with Gasteiger partial charge in [0.25, 0.3) is 5.56 Å². The average molecular weight is 312 g/mol. The van der Waals surface area contributed by atoms with E-state index in [0.717, 1.165) is 41.3 Å². The number of hydrogen-bond donors (Lipinski definition) is 1. The Balaban J connectivity index is 1.74. The maximum atomic E-state index is 12.0. The molecule has 1 aliphatic rings. The van der Waals surface area contributed by atoms with Gasteiger partial charge in [0, 0.05) is 13.0 Å². The smallest absolute Gasteiger partial charge is 0.255 e. The van der Waals surface area contributed by atoms with Crippen LogP contribution in [0.25, 0.3) is 10.2 Å². The van der Waals surface area contributed by atoms with Gasteiger partial charge in [-0.15, -0.1) is 0 Å². The first-order chi connectivity index (χ1) is 10.8. The van der Waals surface area contributed by atoms with Gasteiger partial charge in [0.2, 0.25) is 0 Å². The van der Waals surface area contributed by atoms with Crippen molar-refractivity contribution in [1.82, 2.24) is 15.0 Å². The van der Waals surface area contributed by atoms with Gasteiger partial charge < -0.3 is 9.88 Å². The Hall–Kier alpha value is -2.21. The van der Waals surface area contributed by atoms with E-state index in [1.165, 1.54) is 16.6 Å². The van der Waals surface area contributed by atoms with Crippen molar-refractivity contribution in [3.05, 3.63) is 51.7 Å². The molecule has 0 saturated heterocycles. The van der Waals surface area contributed by atoms with E-state index in [1.54, 1.807) is 11.3 Å². The number of hydrogen-bond acceptors (Lipinski definition) is 5. The van der Waals surface area contributed by atoms with Gasteiger partial charge >= 0.3 is 0 Å². The van der Waals surface area contributed by atoms with Crippen molar-refractivity contribution in [3.8, 4) is 0 Å². The number of aromatic amines is 1. The Labute approximate surface area is 131 Å². The highest BCUT2D eigenvalue weighted by molar-refractivity contribution is 7.22. The first kappa shape index (κ1) is 13.5. The van der Waals surface area contributed by atoms with Crippen LogP contribution in [0.4, 0.5) is 5.13 Å². The maximum absolute atomic E-state index is 12.0. The zero-order valence-electron chi connectivity index (χ0n) is 12.3. The summed E-state index contributed by atoms with van der Waals surface area (Å²) >= 11 is 1.70.